The second kappa shape index (κ2) is 14.6. The van der Waals surface area contributed by atoms with E-state index in [1.54, 1.807) is 0 Å². The molecule has 6 heteroatoms. The smallest absolute Gasteiger partial charge is 0.303 e. The van der Waals surface area contributed by atoms with Crippen LogP contribution in [0.2, 0.25) is 0 Å². The van der Waals surface area contributed by atoms with Crippen molar-refractivity contribution in [1.29, 1.82) is 0 Å². The van der Waals surface area contributed by atoms with Crippen LogP contribution in [0.1, 0.15) is 80.9 Å². The van der Waals surface area contributed by atoms with E-state index in [4.69, 9.17) is 24.1 Å². The highest BCUT2D eigenvalue weighted by Gasteiger charge is 2.18. The predicted molar refractivity (Wildman–Crippen MR) is 145 cm³/mol. The zero-order chi connectivity index (χ0) is 25.7. The first-order valence-electron chi connectivity index (χ1n) is 13.5. The van der Waals surface area contributed by atoms with Crippen molar-refractivity contribution < 1.29 is 28.8 Å². The summed E-state index contributed by atoms with van der Waals surface area (Å²) in [5.41, 5.74) is 3.19. The minimum Gasteiger partial charge on any atom is -0.481 e. The average Bonchev–Trinajstić information content (AvgIpc) is 2.91. The summed E-state index contributed by atoms with van der Waals surface area (Å²) >= 11 is 0. The molecule has 0 aliphatic carbocycles. The quantitative estimate of drug-likeness (QED) is 0.240. The third kappa shape index (κ3) is 9.71. The van der Waals surface area contributed by atoms with Gasteiger partial charge in [-0.25, -0.2) is 0 Å². The van der Waals surface area contributed by atoms with Crippen LogP contribution in [0.3, 0.4) is 0 Å². The molecule has 2 saturated heterocycles. The Labute approximate surface area is 219 Å². The molecule has 2 aliphatic heterocycles. The van der Waals surface area contributed by atoms with E-state index in [0.29, 0.717) is 6.42 Å². The van der Waals surface area contributed by atoms with Crippen LogP contribution < -0.4 is 9.47 Å². The van der Waals surface area contributed by atoms with Crippen molar-refractivity contribution in [1.82, 2.24) is 0 Å². The van der Waals surface area contributed by atoms with E-state index in [1.165, 1.54) is 0 Å². The summed E-state index contributed by atoms with van der Waals surface area (Å²) in [6.45, 7) is 1.47. The van der Waals surface area contributed by atoms with Crippen molar-refractivity contribution in [2.45, 2.75) is 76.8 Å². The number of ether oxygens (including phenoxy) is 4. The summed E-state index contributed by atoms with van der Waals surface area (Å²) in [4.78, 5) is 10.6. The molecule has 0 radical (unpaired) electrons. The maximum atomic E-state index is 10.6. The molecule has 0 aromatic heterocycles. The molecule has 4 rings (SSSR count). The normalized spacial score (nSPS) is 20.3. The molecule has 6 nitrogen and oxygen atoms in total. The molecule has 0 saturated carbocycles. The number of hydrogen-bond acceptors (Lipinski definition) is 5. The molecule has 1 N–H and O–H groups in total. The maximum absolute atomic E-state index is 10.6. The fourth-order valence-corrected chi connectivity index (χ4v) is 4.45. The van der Waals surface area contributed by atoms with E-state index < -0.39 is 5.97 Å². The predicted octanol–water partition coefficient (Wildman–Crippen LogP) is 7.33. The molecule has 37 heavy (non-hydrogen) atoms. The summed E-state index contributed by atoms with van der Waals surface area (Å²) in [5.74, 6) is 0.739. The molecule has 0 bridgehead atoms. The van der Waals surface area contributed by atoms with Gasteiger partial charge in [-0.05, 0) is 79.8 Å². The maximum Gasteiger partial charge on any atom is 0.303 e. The van der Waals surface area contributed by atoms with Crippen molar-refractivity contribution in [3.63, 3.8) is 0 Å². The van der Waals surface area contributed by atoms with Crippen LogP contribution in [0.25, 0.3) is 18.2 Å². The summed E-state index contributed by atoms with van der Waals surface area (Å²) in [6.07, 6.45) is 16.7. The van der Waals surface area contributed by atoms with Gasteiger partial charge < -0.3 is 24.1 Å². The Kier molecular flexibility index (Phi) is 10.6. The van der Waals surface area contributed by atoms with Crippen LogP contribution in [0.15, 0.2) is 48.5 Å². The van der Waals surface area contributed by atoms with E-state index in [2.05, 4.69) is 42.5 Å². The third-order valence-corrected chi connectivity index (χ3v) is 6.41. The standard InChI is InChI=1S/C31H38O6/c32-29(33)13-4-2-1-3-10-24-11-9-12-25(20-24)16-17-26-21-27(36-30-14-5-7-18-34-30)23-28(22-26)37-31-15-6-8-19-35-31/h3,9-12,16-17,20-23,30-31H,1-2,4-8,13-15,18-19H2,(H,32,33). The van der Waals surface area contributed by atoms with Crippen molar-refractivity contribution >= 4 is 24.2 Å². The molecule has 0 amide bonds. The van der Waals surface area contributed by atoms with Crippen LogP contribution in [-0.2, 0) is 14.3 Å². The molecule has 2 atom stereocenters. The SMILES string of the molecule is O=C(O)CCCCC=Cc1cccc(C=Cc2cc(OC3CCCCO3)cc(OC3CCCCO3)c2)c1. The fourth-order valence-electron chi connectivity index (χ4n) is 4.45. The highest BCUT2D eigenvalue weighted by molar-refractivity contribution is 5.72. The van der Waals surface area contributed by atoms with Gasteiger partial charge in [-0.15, -0.1) is 0 Å². The van der Waals surface area contributed by atoms with Gasteiger partial charge in [0, 0.05) is 25.3 Å². The van der Waals surface area contributed by atoms with E-state index in [0.717, 1.165) is 92.8 Å². The molecule has 2 aliphatic rings. The fraction of sp³-hybridized carbons (Fsp3) is 0.452. The van der Waals surface area contributed by atoms with Crippen molar-refractivity contribution in [2.75, 3.05) is 13.2 Å². The van der Waals surface area contributed by atoms with Crippen molar-refractivity contribution in [3.8, 4) is 11.5 Å². The topological polar surface area (TPSA) is 74.2 Å². The summed E-state index contributed by atoms with van der Waals surface area (Å²) in [7, 11) is 0. The minimum absolute atomic E-state index is 0.223. The first-order chi connectivity index (χ1) is 18.1. The zero-order valence-corrected chi connectivity index (χ0v) is 21.5. The lowest BCUT2D eigenvalue weighted by Gasteiger charge is -2.25. The molecule has 2 aromatic carbocycles. The molecule has 0 spiro atoms. The van der Waals surface area contributed by atoms with Crippen molar-refractivity contribution in [2.24, 2.45) is 0 Å². The lowest BCUT2D eigenvalue weighted by atomic mass is 10.1. The number of carbonyl (C=O) groups is 1. The van der Waals surface area contributed by atoms with Gasteiger partial charge in [-0.3, -0.25) is 4.79 Å². The third-order valence-electron chi connectivity index (χ3n) is 6.41. The number of hydrogen-bond donors (Lipinski definition) is 1. The monoisotopic (exact) mass is 506 g/mol. The lowest BCUT2D eigenvalue weighted by molar-refractivity contribution is -0.137. The van der Waals surface area contributed by atoms with E-state index in [-0.39, 0.29) is 19.0 Å². The van der Waals surface area contributed by atoms with Gasteiger partial charge in [-0.2, -0.15) is 0 Å². The molecule has 2 aromatic rings. The second-order valence-corrected chi connectivity index (χ2v) is 9.61. The Balaban J connectivity index is 1.42. The zero-order valence-electron chi connectivity index (χ0n) is 21.5. The number of carboxylic acids is 1. The molecular weight excluding hydrogens is 468 g/mol. The van der Waals surface area contributed by atoms with E-state index in [1.807, 2.05) is 24.3 Å². The molecule has 2 heterocycles. The number of allylic oxidation sites excluding steroid dienone is 1. The Morgan fingerprint density at radius 1 is 0.811 bits per heavy atom. The van der Waals surface area contributed by atoms with E-state index >= 15 is 0 Å². The Morgan fingerprint density at radius 3 is 2.03 bits per heavy atom. The molecular formula is C31H38O6. The van der Waals surface area contributed by atoms with Crippen LogP contribution in [0, 0.1) is 0 Å². The van der Waals surface area contributed by atoms with Crippen molar-refractivity contribution in [3.05, 3.63) is 65.2 Å². The average molecular weight is 507 g/mol. The largest absolute Gasteiger partial charge is 0.481 e. The van der Waals surface area contributed by atoms with Crippen LogP contribution in [-0.4, -0.2) is 36.9 Å². The molecule has 198 valence electrons. The highest BCUT2D eigenvalue weighted by Crippen LogP contribution is 2.29. The number of aliphatic carboxylic acids is 1. The Bertz CT molecular complexity index is 1010. The second-order valence-electron chi connectivity index (χ2n) is 9.61. The first kappa shape index (κ1) is 27.0. The van der Waals surface area contributed by atoms with Crippen LogP contribution in [0.5, 0.6) is 11.5 Å². The number of rotatable bonds is 12. The Morgan fingerprint density at radius 2 is 1.43 bits per heavy atom. The highest BCUT2D eigenvalue weighted by atomic mass is 16.7. The van der Waals surface area contributed by atoms with Gasteiger partial charge >= 0.3 is 5.97 Å². The van der Waals surface area contributed by atoms with Gasteiger partial charge in [-0.1, -0.05) is 42.5 Å². The summed E-state index contributed by atoms with van der Waals surface area (Å²) in [5, 5.41) is 8.74. The number of unbranched alkanes of at least 4 members (excludes halogenated alkanes) is 2. The minimum atomic E-state index is -0.733. The molecule has 2 unspecified atom stereocenters. The first-order valence-corrected chi connectivity index (χ1v) is 13.5. The van der Waals surface area contributed by atoms with Gasteiger partial charge in [0.1, 0.15) is 11.5 Å². The van der Waals surface area contributed by atoms with Gasteiger partial charge in [0.25, 0.3) is 0 Å². The van der Waals surface area contributed by atoms with Gasteiger partial charge in [0.2, 0.25) is 0 Å². The summed E-state index contributed by atoms with van der Waals surface area (Å²) < 4.78 is 23.9. The van der Waals surface area contributed by atoms with Crippen LogP contribution in [0.4, 0.5) is 0 Å². The van der Waals surface area contributed by atoms with Gasteiger partial charge in [0.05, 0.1) is 13.2 Å². The lowest BCUT2D eigenvalue weighted by Crippen LogP contribution is -2.26. The number of carboxylic acid groups (broad SMARTS) is 1. The summed E-state index contributed by atoms with van der Waals surface area (Å²) in [6, 6.07) is 14.3. The van der Waals surface area contributed by atoms with E-state index in [9.17, 15) is 4.79 Å². The Hall–Kier alpha value is -3.09. The number of benzene rings is 2. The molecule has 2 fully saturated rings. The van der Waals surface area contributed by atoms with Crippen LogP contribution >= 0.6 is 0 Å². The van der Waals surface area contributed by atoms with Gasteiger partial charge in [0.15, 0.2) is 12.6 Å².